The molecule has 0 aliphatic carbocycles. The van der Waals surface area contributed by atoms with Crippen LogP contribution in [0.2, 0.25) is 0 Å². The Morgan fingerprint density at radius 1 is 1.15 bits per heavy atom. The van der Waals surface area contributed by atoms with E-state index in [0.717, 1.165) is 17.7 Å². The van der Waals surface area contributed by atoms with E-state index in [1.165, 1.54) is 12.1 Å². The first-order valence-corrected chi connectivity index (χ1v) is 4.97. The molecule has 0 radical (unpaired) electrons. The molecule has 0 nitrogen and oxygen atoms in total. The predicted molar refractivity (Wildman–Crippen MR) is 53.9 cm³/mol. The summed E-state index contributed by atoms with van der Waals surface area (Å²) in [5.41, 5.74) is 0.321. The molecule has 0 unspecified atom stereocenters. The van der Waals surface area contributed by atoms with Gasteiger partial charge in [0.25, 0.3) is 0 Å². The summed E-state index contributed by atoms with van der Waals surface area (Å²) in [6, 6.07) is 5.26. The fourth-order valence-electron chi connectivity index (χ4n) is 0.937. The first kappa shape index (κ1) is 10.8. The molecule has 1 aromatic rings. The first-order chi connectivity index (χ1) is 5.91. The van der Waals surface area contributed by atoms with Crippen molar-refractivity contribution in [1.82, 2.24) is 0 Å². The second-order valence-electron chi connectivity index (χ2n) is 2.74. The van der Waals surface area contributed by atoms with E-state index in [-0.39, 0.29) is 3.92 Å². The zero-order valence-electron chi connectivity index (χ0n) is 6.90. The molecule has 1 aromatic carbocycles. The Hall–Kier alpha value is -0.260. The predicted octanol–water partition coefficient (Wildman–Crippen LogP) is 4.20. The number of alkyl halides is 4. The molecule has 0 aliphatic rings. The van der Waals surface area contributed by atoms with Gasteiger partial charge < -0.3 is 0 Å². The minimum absolute atomic E-state index is 0.236. The molecular formula is C9H8F3I. The Bertz CT molecular complexity index is 274. The van der Waals surface area contributed by atoms with Crippen LogP contribution in [0.15, 0.2) is 24.3 Å². The van der Waals surface area contributed by atoms with E-state index in [2.05, 4.69) is 22.6 Å². The normalized spacial score (nSPS) is 14.2. The summed E-state index contributed by atoms with van der Waals surface area (Å²) in [4.78, 5) is 0. The second kappa shape index (κ2) is 3.86. The van der Waals surface area contributed by atoms with Crippen molar-refractivity contribution in [3.05, 3.63) is 35.4 Å². The maximum absolute atomic E-state index is 12.1. The van der Waals surface area contributed by atoms with Crippen molar-refractivity contribution < 1.29 is 13.2 Å². The molecule has 0 amide bonds. The lowest BCUT2D eigenvalue weighted by Crippen LogP contribution is -2.04. The van der Waals surface area contributed by atoms with E-state index in [1.54, 1.807) is 0 Å². The van der Waals surface area contributed by atoms with Crippen molar-refractivity contribution in [2.75, 3.05) is 0 Å². The van der Waals surface area contributed by atoms with Gasteiger partial charge in [0.2, 0.25) is 0 Å². The van der Waals surface area contributed by atoms with E-state index in [0.29, 0.717) is 0 Å². The standard InChI is InChI=1S/C9H8F3I/c1-6(13)7-2-4-8(5-3-7)9(10,11)12/h2-6H,1H3/t6-/m0/s1. The lowest BCUT2D eigenvalue weighted by Gasteiger charge is -2.08. The van der Waals surface area contributed by atoms with E-state index >= 15 is 0 Å². The Kier molecular flexibility index (Phi) is 3.21. The highest BCUT2D eigenvalue weighted by Gasteiger charge is 2.29. The van der Waals surface area contributed by atoms with E-state index in [1.807, 2.05) is 6.92 Å². The summed E-state index contributed by atoms with van der Waals surface area (Å²) in [7, 11) is 0. The highest BCUT2D eigenvalue weighted by atomic mass is 127. The number of benzene rings is 1. The van der Waals surface area contributed by atoms with Gasteiger partial charge in [-0.2, -0.15) is 13.2 Å². The van der Waals surface area contributed by atoms with Gasteiger partial charge in [0, 0.05) is 3.92 Å². The average molecular weight is 300 g/mol. The molecule has 0 aromatic heterocycles. The molecule has 0 saturated carbocycles. The third-order valence-electron chi connectivity index (χ3n) is 1.70. The number of halogens is 4. The average Bonchev–Trinajstić information content (AvgIpc) is 2.03. The maximum atomic E-state index is 12.1. The highest BCUT2D eigenvalue weighted by Crippen LogP contribution is 2.31. The Morgan fingerprint density at radius 3 is 1.92 bits per heavy atom. The van der Waals surface area contributed by atoms with Crippen molar-refractivity contribution >= 4 is 22.6 Å². The molecule has 72 valence electrons. The molecule has 1 atom stereocenters. The van der Waals surface area contributed by atoms with Gasteiger partial charge in [0.15, 0.2) is 0 Å². The van der Waals surface area contributed by atoms with Crippen LogP contribution in [0.5, 0.6) is 0 Å². The van der Waals surface area contributed by atoms with Gasteiger partial charge in [0.05, 0.1) is 5.56 Å². The van der Waals surface area contributed by atoms with Crippen LogP contribution < -0.4 is 0 Å². The number of hydrogen-bond acceptors (Lipinski definition) is 0. The van der Waals surface area contributed by atoms with E-state index in [4.69, 9.17) is 0 Å². The van der Waals surface area contributed by atoms with Gasteiger partial charge in [-0.1, -0.05) is 34.7 Å². The van der Waals surface area contributed by atoms with Crippen LogP contribution >= 0.6 is 22.6 Å². The smallest absolute Gasteiger partial charge is 0.166 e. The SMILES string of the molecule is C[C@H](I)c1ccc(C(F)(F)F)cc1. The summed E-state index contributed by atoms with van der Waals surface area (Å²) in [6.07, 6.45) is -4.23. The molecule has 0 fully saturated rings. The molecule has 13 heavy (non-hydrogen) atoms. The van der Waals surface area contributed by atoms with Crippen molar-refractivity contribution in [3.8, 4) is 0 Å². The molecule has 0 aliphatic heterocycles. The van der Waals surface area contributed by atoms with Crippen LogP contribution in [-0.4, -0.2) is 0 Å². The van der Waals surface area contributed by atoms with Gasteiger partial charge >= 0.3 is 6.18 Å². The van der Waals surface area contributed by atoms with Gasteiger partial charge in [-0.25, -0.2) is 0 Å². The fraction of sp³-hybridized carbons (Fsp3) is 0.333. The van der Waals surface area contributed by atoms with Crippen LogP contribution in [0.25, 0.3) is 0 Å². The van der Waals surface area contributed by atoms with Gasteiger partial charge in [-0.05, 0) is 24.6 Å². The quantitative estimate of drug-likeness (QED) is 0.538. The van der Waals surface area contributed by atoms with Gasteiger partial charge in [-0.3, -0.25) is 0 Å². The zero-order valence-corrected chi connectivity index (χ0v) is 9.06. The van der Waals surface area contributed by atoms with Crippen LogP contribution in [-0.2, 0) is 6.18 Å². The van der Waals surface area contributed by atoms with Crippen LogP contribution in [0, 0.1) is 0 Å². The van der Waals surface area contributed by atoms with Crippen molar-refractivity contribution in [2.24, 2.45) is 0 Å². The van der Waals surface area contributed by atoms with Crippen molar-refractivity contribution in [1.29, 1.82) is 0 Å². The summed E-state index contributed by atoms with van der Waals surface area (Å²) in [5, 5.41) is 0. The van der Waals surface area contributed by atoms with Crippen LogP contribution in [0.4, 0.5) is 13.2 Å². The Balaban J connectivity index is 2.94. The molecular weight excluding hydrogens is 292 g/mol. The zero-order chi connectivity index (χ0) is 10.1. The number of rotatable bonds is 1. The molecule has 0 bridgehead atoms. The number of hydrogen-bond donors (Lipinski definition) is 0. The molecule has 0 saturated heterocycles. The summed E-state index contributed by atoms with van der Waals surface area (Å²) >= 11 is 2.16. The summed E-state index contributed by atoms with van der Waals surface area (Å²) in [5.74, 6) is 0. The minimum atomic E-state index is -4.23. The fourth-order valence-corrected chi connectivity index (χ4v) is 1.35. The third kappa shape index (κ3) is 2.86. The lowest BCUT2D eigenvalue weighted by atomic mass is 10.1. The Morgan fingerprint density at radius 2 is 1.62 bits per heavy atom. The van der Waals surface area contributed by atoms with Gasteiger partial charge in [0.1, 0.15) is 0 Å². The second-order valence-corrected chi connectivity index (χ2v) is 4.60. The van der Waals surface area contributed by atoms with Crippen molar-refractivity contribution in [3.63, 3.8) is 0 Å². The molecule has 1 rings (SSSR count). The molecule has 0 heterocycles. The minimum Gasteiger partial charge on any atom is -0.166 e. The van der Waals surface area contributed by atoms with Crippen LogP contribution in [0.1, 0.15) is 22.0 Å². The summed E-state index contributed by atoms with van der Waals surface area (Å²) in [6.45, 7) is 1.93. The topological polar surface area (TPSA) is 0 Å². The van der Waals surface area contributed by atoms with Gasteiger partial charge in [-0.15, -0.1) is 0 Å². The monoisotopic (exact) mass is 300 g/mol. The van der Waals surface area contributed by atoms with E-state index < -0.39 is 11.7 Å². The lowest BCUT2D eigenvalue weighted by molar-refractivity contribution is -0.137. The summed E-state index contributed by atoms with van der Waals surface area (Å²) < 4.78 is 36.6. The molecule has 0 spiro atoms. The molecule has 0 N–H and O–H groups in total. The maximum Gasteiger partial charge on any atom is 0.416 e. The largest absolute Gasteiger partial charge is 0.416 e. The Labute approximate surface area is 88.3 Å². The van der Waals surface area contributed by atoms with Crippen LogP contribution in [0.3, 0.4) is 0 Å². The van der Waals surface area contributed by atoms with E-state index in [9.17, 15) is 13.2 Å². The third-order valence-corrected chi connectivity index (χ3v) is 2.42. The highest BCUT2D eigenvalue weighted by molar-refractivity contribution is 14.1. The van der Waals surface area contributed by atoms with Crippen molar-refractivity contribution in [2.45, 2.75) is 17.0 Å². The molecule has 4 heteroatoms. The first-order valence-electron chi connectivity index (χ1n) is 3.72.